The number of hydrazone groups is 1. The SMILES string of the molecule is O=C(COc1ccccc1)N/N=C\c1ccc(-c2cccc(Cl)c2)o1. The number of nitrogens with zero attached hydrogens (tertiary/aromatic N) is 1. The zero-order valence-electron chi connectivity index (χ0n) is 13.2. The second-order valence-corrected chi connectivity index (χ2v) is 5.54. The molecular formula is C19H15ClN2O3. The van der Waals surface area contributed by atoms with Gasteiger partial charge < -0.3 is 9.15 Å². The maximum atomic E-state index is 11.7. The first-order valence-corrected chi connectivity index (χ1v) is 7.94. The van der Waals surface area contributed by atoms with E-state index in [1.807, 2.05) is 42.5 Å². The van der Waals surface area contributed by atoms with Crippen LogP contribution in [0.2, 0.25) is 5.02 Å². The van der Waals surface area contributed by atoms with Gasteiger partial charge in [0.25, 0.3) is 5.91 Å². The molecule has 1 N–H and O–H groups in total. The fourth-order valence-corrected chi connectivity index (χ4v) is 2.28. The average molecular weight is 355 g/mol. The number of hydrogen-bond donors (Lipinski definition) is 1. The lowest BCUT2D eigenvalue weighted by Crippen LogP contribution is -2.24. The van der Waals surface area contributed by atoms with Gasteiger partial charge in [0, 0.05) is 10.6 Å². The molecule has 1 amide bonds. The number of amides is 1. The first-order chi connectivity index (χ1) is 12.2. The van der Waals surface area contributed by atoms with Crippen molar-refractivity contribution in [1.29, 1.82) is 0 Å². The molecule has 0 fully saturated rings. The van der Waals surface area contributed by atoms with Crippen molar-refractivity contribution in [3.8, 4) is 17.1 Å². The minimum absolute atomic E-state index is 0.118. The summed E-state index contributed by atoms with van der Waals surface area (Å²) in [5.41, 5.74) is 3.25. The Bertz CT molecular complexity index is 875. The van der Waals surface area contributed by atoms with Crippen molar-refractivity contribution in [2.45, 2.75) is 0 Å². The van der Waals surface area contributed by atoms with E-state index < -0.39 is 0 Å². The fourth-order valence-electron chi connectivity index (χ4n) is 2.08. The van der Waals surface area contributed by atoms with E-state index in [1.165, 1.54) is 6.21 Å². The molecule has 5 nitrogen and oxygen atoms in total. The van der Waals surface area contributed by atoms with Crippen LogP contribution >= 0.6 is 11.6 Å². The number of para-hydroxylation sites is 1. The third-order valence-corrected chi connectivity index (χ3v) is 3.47. The van der Waals surface area contributed by atoms with Crippen LogP contribution in [0.1, 0.15) is 5.76 Å². The predicted molar refractivity (Wildman–Crippen MR) is 96.8 cm³/mol. The Balaban J connectivity index is 1.51. The molecule has 6 heteroatoms. The van der Waals surface area contributed by atoms with Gasteiger partial charge in [-0.15, -0.1) is 0 Å². The van der Waals surface area contributed by atoms with E-state index in [9.17, 15) is 4.79 Å². The Hall–Kier alpha value is -3.05. The summed E-state index contributed by atoms with van der Waals surface area (Å²) in [5, 5.41) is 4.49. The van der Waals surface area contributed by atoms with E-state index in [0.717, 1.165) is 5.56 Å². The Morgan fingerprint density at radius 3 is 2.76 bits per heavy atom. The molecule has 3 aromatic rings. The van der Waals surface area contributed by atoms with E-state index in [2.05, 4.69) is 10.5 Å². The van der Waals surface area contributed by atoms with Gasteiger partial charge in [0.15, 0.2) is 6.61 Å². The van der Waals surface area contributed by atoms with Crippen LogP contribution < -0.4 is 10.2 Å². The third-order valence-electron chi connectivity index (χ3n) is 3.23. The van der Waals surface area contributed by atoms with Crippen LogP contribution in [-0.4, -0.2) is 18.7 Å². The van der Waals surface area contributed by atoms with Gasteiger partial charge in [0.1, 0.15) is 17.3 Å². The third kappa shape index (κ3) is 4.96. The molecule has 0 atom stereocenters. The van der Waals surface area contributed by atoms with Crippen LogP contribution in [0.4, 0.5) is 0 Å². The number of rotatable bonds is 6. The number of nitrogens with one attached hydrogen (secondary N) is 1. The van der Waals surface area contributed by atoms with Gasteiger partial charge in [-0.05, 0) is 36.4 Å². The molecule has 0 spiro atoms. The molecule has 0 bridgehead atoms. The number of carbonyl (C=O) groups is 1. The van der Waals surface area contributed by atoms with Crippen molar-refractivity contribution in [3.63, 3.8) is 0 Å². The summed E-state index contributed by atoms with van der Waals surface area (Å²) >= 11 is 5.97. The monoisotopic (exact) mass is 354 g/mol. The molecule has 25 heavy (non-hydrogen) atoms. The van der Waals surface area contributed by atoms with Crippen molar-refractivity contribution in [1.82, 2.24) is 5.43 Å². The van der Waals surface area contributed by atoms with Crippen molar-refractivity contribution >= 4 is 23.7 Å². The van der Waals surface area contributed by atoms with Crippen LogP contribution in [-0.2, 0) is 4.79 Å². The highest BCUT2D eigenvalue weighted by atomic mass is 35.5. The maximum Gasteiger partial charge on any atom is 0.277 e. The summed E-state index contributed by atoms with van der Waals surface area (Å²) < 4.78 is 11.0. The quantitative estimate of drug-likeness (QED) is 0.534. The molecule has 0 aliphatic rings. The summed E-state index contributed by atoms with van der Waals surface area (Å²) in [5.74, 6) is 1.45. The van der Waals surface area contributed by atoms with Crippen LogP contribution in [0.3, 0.4) is 0 Å². The molecular weight excluding hydrogens is 340 g/mol. The normalized spacial score (nSPS) is 10.8. The first kappa shape index (κ1) is 16.8. The van der Waals surface area contributed by atoms with E-state index in [-0.39, 0.29) is 12.5 Å². The highest BCUT2D eigenvalue weighted by Gasteiger charge is 2.04. The van der Waals surface area contributed by atoms with Crippen LogP contribution in [0.5, 0.6) is 5.75 Å². The van der Waals surface area contributed by atoms with Gasteiger partial charge >= 0.3 is 0 Å². The lowest BCUT2D eigenvalue weighted by atomic mass is 10.2. The lowest BCUT2D eigenvalue weighted by Gasteiger charge is -2.03. The van der Waals surface area contributed by atoms with Crippen LogP contribution in [0, 0.1) is 0 Å². The van der Waals surface area contributed by atoms with Gasteiger partial charge in [-0.1, -0.05) is 41.9 Å². The van der Waals surface area contributed by atoms with Gasteiger partial charge in [-0.3, -0.25) is 4.79 Å². The van der Waals surface area contributed by atoms with Crippen molar-refractivity contribution in [2.24, 2.45) is 5.10 Å². The molecule has 0 saturated heterocycles. The zero-order chi connectivity index (χ0) is 17.5. The summed E-state index contributed by atoms with van der Waals surface area (Å²) in [6.45, 7) is -0.118. The number of benzene rings is 2. The molecule has 0 aliphatic heterocycles. The van der Waals surface area contributed by atoms with Crippen molar-refractivity contribution in [2.75, 3.05) is 6.61 Å². The second kappa shape index (κ2) is 8.17. The molecule has 0 aliphatic carbocycles. The number of halogens is 1. The van der Waals surface area contributed by atoms with E-state index in [1.54, 1.807) is 24.3 Å². The standard InChI is InChI=1S/C19H15ClN2O3/c20-15-6-4-5-14(11-15)18-10-9-17(25-18)12-21-22-19(23)13-24-16-7-2-1-3-8-16/h1-12H,13H2,(H,22,23)/b21-12-. The topological polar surface area (TPSA) is 63.8 Å². The lowest BCUT2D eigenvalue weighted by molar-refractivity contribution is -0.123. The first-order valence-electron chi connectivity index (χ1n) is 7.56. The minimum atomic E-state index is -0.360. The number of hydrogen-bond acceptors (Lipinski definition) is 4. The van der Waals surface area contributed by atoms with Gasteiger partial charge in [-0.25, -0.2) is 5.43 Å². The molecule has 0 unspecified atom stereocenters. The number of furan rings is 1. The Kier molecular flexibility index (Phi) is 5.49. The second-order valence-electron chi connectivity index (χ2n) is 5.11. The minimum Gasteiger partial charge on any atom is -0.484 e. The maximum absolute atomic E-state index is 11.7. The van der Waals surface area contributed by atoms with Gasteiger partial charge in [0.2, 0.25) is 0 Å². The summed E-state index contributed by atoms with van der Waals surface area (Å²) in [6.07, 6.45) is 1.43. The molecule has 0 radical (unpaired) electrons. The summed E-state index contributed by atoms with van der Waals surface area (Å²) in [7, 11) is 0. The molecule has 1 heterocycles. The fraction of sp³-hybridized carbons (Fsp3) is 0.0526. The molecule has 3 rings (SSSR count). The number of ether oxygens (including phenoxy) is 1. The largest absolute Gasteiger partial charge is 0.484 e. The summed E-state index contributed by atoms with van der Waals surface area (Å²) in [4.78, 5) is 11.7. The molecule has 0 saturated carbocycles. The Morgan fingerprint density at radius 1 is 1.12 bits per heavy atom. The molecule has 1 aromatic heterocycles. The highest BCUT2D eigenvalue weighted by molar-refractivity contribution is 6.30. The van der Waals surface area contributed by atoms with E-state index >= 15 is 0 Å². The zero-order valence-corrected chi connectivity index (χ0v) is 13.9. The highest BCUT2D eigenvalue weighted by Crippen LogP contribution is 2.24. The van der Waals surface area contributed by atoms with Gasteiger partial charge in [-0.2, -0.15) is 5.10 Å². The van der Waals surface area contributed by atoms with E-state index in [4.69, 9.17) is 20.8 Å². The van der Waals surface area contributed by atoms with E-state index in [0.29, 0.717) is 22.3 Å². The van der Waals surface area contributed by atoms with Gasteiger partial charge in [0.05, 0.1) is 6.21 Å². The smallest absolute Gasteiger partial charge is 0.277 e. The number of carbonyl (C=O) groups excluding carboxylic acids is 1. The molecule has 2 aromatic carbocycles. The predicted octanol–water partition coefficient (Wildman–Crippen LogP) is 4.13. The Morgan fingerprint density at radius 2 is 1.96 bits per heavy atom. The van der Waals surface area contributed by atoms with Crippen molar-refractivity contribution in [3.05, 3.63) is 77.5 Å². The van der Waals surface area contributed by atoms with Crippen molar-refractivity contribution < 1.29 is 13.9 Å². The summed E-state index contributed by atoms with van der Waals surface area (Å²) in [6, 6.07) is 20.0. The molecule has 126 valence electrons. The van der Waals surface area contributed by atoms with Crippen LogP contribution in [0.15, 0.2) is 76.2 Å². The Labute approximate surface area is 149 Å². The van der Waals surface area contributed by atoms with Crippen LogP contribution in [0.25, 0.3) is 11.3 Å². The average Bonchev–Trinajstić information content (AvgIpc) is 3.10.